The number of aromatic nitrogens is 2. The number of nitrogens with zero attached hydrogens (tertiary/aromatic N) is 2. The molecule has 3 heterocycles. The number of nitrogens with one attached hydrogen (secondary N) is 2. The van der Waals surface area contributed by atoms with Crippen molar-refractivity contribution < 1.29 is 14.6 Å². The third-order valence-electron chi connectivity index (χ3n) is 4.78. The molecule has 25 heavy (non-hydrogen) atoms. The quantitative estimate of drug-likeness (QED) is 0.560. The second-order valence-electron chi connectivity index (χ2n) is 6.63. The number of rotatable bonds is 6. The first-order chi connectivity index (χ1) is 12.0. The van der Waals surface area contributed by atoms with Gasteiger partial charge >= 0.3 is 5.69 Å². The summed E-state index contributed by atoms with van der Waals surface area (Å²) < 4.78 is 7.04. The molecular weight excluding hydrogens is 328 g/mol. The number of morpholine rings is 1. The zero-order valence-electron chi connectivity index (χ0n) is 14.0. The van der Waals surface area contributed by atoms with Crippen LogP contribution in [-0.4, -0.2) is 70.0 Å². The van der Waals surface area contributed by atoms with Crippen molar-refractivity contribution in [1.82, 2.24) is 19.8 Å². The summed E-state index contributed by atoms with van der Waals surface area (Å²) in [5.74, 6) is -0.115. The van der Waals surface area contributed by atoms with E-state index in [9.17, 15) is 14.4 Å². The monoisotopic (exact) mass is 352 g/mol. The van der Waals surface area contributed by atoms with Crippen LogP contribution in [0, 0.1) is 0 Å². The molecule has 1 amide bonds. The number of amides is 1. The van der Waals surface area contributed by atoms with Crippen LogP contribution in [0.15, 0.2) is 21.9 Å². The SMILES string of the molecule is O=C(CCn1ccc(=O)[nH]c1=O)N[C@H]1C[C@H]2CO[C@@H](CCO)CN2C1. The standard InChI is InChI=1S/C16H24N4O5/c21-6-3-13-9-20-8-11(7-12(20)10-25-13)17-14(22)1-4-19-5-2-15(23)18-16(19)24/h2,5,11-13,21H,1,3-4,6-10H2,(H,17,22)(H,18,23,24)/t11-,12-,13-/m0/s1. The maximum Gasteiger partial charge on any atom is 0.328 e. The highest BCUT2D eigenvalue weighted by molar-refractivity contribution is 5.76. The van der Waals surface area contributed by atoms with Crippen molar-refractivity contribution in [3.05, 3.63) is 33.1 Å². The Labute approximate surface area is 144 Å². The number of aliphatic hydroxyl groups excluding tert-OH is 1. The Morgan fingerprint density at radius 1 is 1.40 bits per heavy atom. The number of aryl methyl sites for hydroxylation is 1. The molecule has 2 saturated heterocycles. The zero-order valence-corrected chi connectivity index (χ0v) is 14.0. The van der Waals surface area contributed by atoms with Gasteiger partial charge in [0, 0.05) is 57.0 Å². The smallest absolute Gasteiger partial charge is 0.328 e. The van der Waals surface area contributed by atoms with Gasteiger partial charge in [0.2, 0.25) is 5.91 Å². The van der Waals surface area contributed by atoms with Crippen LogP contribution in [0.1, 0.15) is 19.3 Å². The minimum atomic E-state index is -0.509. The first kappa shape index (κ1) is 17.8. The predicted molar refractivity (Wildman–Crippen MR) is 89.3 cm³/mol. The first-order valence-electron chi connectivity index (χ1n) is 8.61. The van der Waals surface area contributed by atoms with Crippen molar-refractivity contribution in [3.8, 4) is 0 Å². The Morgan fingerprint density at radius 3 is 3.00 bits per heavy atom. The van der Waals surface area contributed by atoms with Crippen molar-refractivity contribution in [2.75, 3.05) is 26.3 Å². The van der Waals surface area contributed by atoms with Gasteiger partial charge in [0.25, 0.3) is 5.56 Å². The lowest BCUT2D eigenvalue weighted by Gasteiger charge is -2.34. The number of fused-ring (bicyclic) bond motifs is 1. The van der Waals surface area contributed by atoms with E-state index < -0.39 is 11.2 Å². The van der Waals surface area contributed by atoms with Crippen molar-refractivity contribution in [3.63, 3.8) is 0 Å². The minimum Gasteiger partial charge on any atom is -0.396 e. The lowest BCUT2D eigenvalue weighted by atomic mass is 10.1. The highest BCUT2D eigenvalue weighted by atomic mass is 16.5. The molecule has 9 heteroatoms. The molecular formula is C16H24N4O5. The van der Waals surface area contributed by atoms with E-state index in [-0.39, 0.29) is 37.6 Å². The van der Waals surface area contributed by atoms with Gasteiger partial charge in [-0.3, -0.25) is 19.5 Å². The summed E-state index contributed by atoms with van der Waals surface area (Å²) in [5, 5.41) is 12.0. The van der Waals surface area contributed by atoms with E-state index in [2.05, 4.69) is 15.2 Å². The van der Waals surface area contributed by atoms with Crippen molar-refractivity contribution in [1.29, 1.82) is 0 Å². The lowest BCUT2D eigenvalue weighted by Crippen LogP contribution is -2.46. The fourth-order valence-corrected chi connectivity index (χ4v) is 3.51. The molecule has 2 fully saturated rings. The lowest BCUT2D eigenvalue weighted by molar-refractivity contribution is -0.121. The van der Waals surface area contributed by atoms with E-state index in [1.165, 1.54) is 16.8 Å². The number of hydrogen-bond acceptors (Lipinski definition) is 6. The van der Waals surface area contributed by atoms with Crippen LogP contribution >= 0.6 is 0 Å². The molecule has 3 N–H and O–H groups in total. The third kappa shape index (κ3) is 4.56. The van der Waals surface area contributed by atoms with Gasteiger partial charge in [-0.25, -0.2) is 4.79 Å². The molecule has 2 aliphatic heterocycles. The van der Waals surface area contributed by atoms with Gasteiger partial charge in [-0.05, 0) is 12.8 Å². The van der Waals surface area contributed by atoms with Crippen LogP contribution in [-0.2, 0) is 16.1 Å². The van der Waals surface area contributed by atoms with E-state index in [1.807, 2.05) is 0 Å². The fourth-order valence-electron chi connectivity index (χ4n) is 3.51. The topological polar surface area (TPSA) is 117 Å². The molecule has 138 valence electrons. The highest BCUT2D eigenvalue weighted by Crippen LogP contribution is 2.24. The Morgan fingerprint density at radius 2 is 2.24 bits per heavy atom. The number of aromatic amines is 1. The van der Waals surface area contributed by atoms with Gasteiger partial charge in [-0.1, -0.05) is 0 Å². The van der Waals surface area contributed by atoms with E-state index in [1.54, 1.807) is 0 Å². The Balaban J connectivity index is 1.46. The molecule has 2 aliphatic rings. The van der Waals surface area contributed by atoms with Gasteiger partial charge in [0.15, 0.2) is 0 Å². The summed E-state index contributed by atoms with van der Waals surface area (Å²) in [4.78, 5) is 39.2. The molecule has 0 spiro atoms. The van der Waals surface area contributed by atoms with E-state index in [0.29, 0.717) is 19.1 Å². The number of aliphatic hydroxyl groups is 1. The number of H-pyrrole nitrogens is 1. The van der Waals surface area contributed by atoms with E-state index >= 15 is 0 Å². The summed E-state index contributed by atoms with van der Waals surface area (Å²) in [7, 11) is 0. The van der Waals surface area contributed by atoms with E-state index in [0.717, 1.165) is 19.5 Å². The molecule has 3 rings (SSSR count). The van der Waals surface area contributed by atoms with Gasteiger partial charge < -0.3 is 19.7 Å². The predicted octanol–water partition coefficient (Wildman–Crippen LogP) is -1.73. The number of hydrogen-bond donors (Lipinski definition) is 3. The number of ether oxygens (including phenoxy) is 1. The highest BCUT2D eigenvalue weighted by Gasteiger charge is 2.37. The van der Waals surface area contributed by atoms with Crippen molar-refractivity contribution in [2.45, 2.75) is 44.0 Å². The van der Waals surface area contributed by atoms with E-state index in [4.69, 9.17) is 9.84 Å². The molecule has 0 bridgehead atoms. The summed E-state index contributed by atoms with van der Waals surface area (Å²) in [5.41, 5.74) is -0.958. The molecule has 0 aliphatic carbocycles. The van der Waals surface area contributed by atoms with Crippen LogP contribution in [0.2, 0.25) is 0 Å². The van der Waals surface area contributed by atoms with Gasteiger partial charge in [0.1, 0.15) is 0 Å². The molecule has 0 saturated carbocycles. The number of carbonyl (C=O) groups excluding carboxylic acids is 1. The summed E-state index contributed by atoms with van der Waals surface area (Å²) in [6, 6.07) is 1.64. The molecule has 3 atom stereocenters. The molecule has 0 unspecified atom stereocenters. The second kappa shape index (κ2) is 7.94. The molecule has 9 nitrogen and oxygen atoms in total. The van der Waals surface area contributed by atoms with Crippen LogP contribution < -0.4 is 16.6 Å². The summed E-state index contributed by atoms with van der Waals surface area (Å²) in [6.07, 6.45) is 3.10. The van der Waals surface area contributed by atoms with Crippen LogP contribution in [0.3, 0.4) is 0 Å². The summed E-state index contributed by atoms with van der Waals surface area (Å²) in [6.45, 7) is 2.53. The van der Waals surface area contributed by atoms with Gasteiger partial charge in [-0.2, -0.15) is 0 Å². The second-order valence-corrected chi connectivity index (χ2v) is 6.63. The minimum absolute atomic E-state index is 0.0582. The maximum atomic E-state index is 12.1. The van der Waals surface area contributed by atoms with Crippen LogP contribution in [0.25, 0.3) is 0 Å². The average Bonchev–Trinajstić information content (AvgIpc) is 2.95. The normalized spacial score (nSPS) is 26.4. The van der Waals surface area contributed by atoms with Crippen molar-refractivity contribution >= 4 is 5.91 Å². The third-order valence-corrected chi connectivity index (χ3v) is 4.78. The molecule has 0 aromatic carbocycles. The zero-order chi connectivity index (χ0) is 17.8. The van der Waals surface area contributed by atoms with Gasteiger partial charge in [-0.15, -0.1) is 0 Å². The van der Waals surface area contributed by atoms with Crippen LogP contribution in [0.5, 0.6) is 0 Å². The fraction of sp³-hybridized carbons (Fsp3) is 0.688. The average molecular weight is 352 g/mol. The Bertz CT molecular complexity index is 715. The maximum absolute atomic E-state index is 12.1. The largest absolute Gasteiger partial charge is 0.396 e. The Kier molecular flexibility index (Phi) is 5.67. The number of carbonyl (C=O) groups is 1. The first-order valence-corrected chi connectivity index (χ1v) is 8.61. The molecule has 1 aromatic rings. The van der Waals surface area contributed by atoms with Crippen LogP contribution in [0.4, 0.5) is 0 Å². The molecule has 1 aromatic heterocycles. The summed E-state index contributed by atoms with van der Waals surface area (Å²) >= 11 is 0. The van der Waals surface area contributed by atoms with Gasteiger partial charge in [0.05, 0.1) is 12.7 Å². The van der Waals surface area contributed by atoms with Crippen molar-refractivity contribution in [2.24, 2.45) is 0 Å². The molecule has 0 radical (unpaired) electrons. The Hall–Kier alpha value is -1.97.